The molecule has 0 aromatic carbocycles. The third kappa shape index (κ3) is 1.89. The first-order chi connectivity index (χ1) is 6.76. The van der Waals surface area contributed by atoms with Crippen molar-refractivity contribution in [2.75, 3.05) is 18.1 Å². The van der Waals surface area contributed by atoms with E-state index in [1.807, 2.05) is 11.8 Å². The maximum Gasteiger partial charge on any atom is 0.158 e. The van der Waals surface area contributed by atoms with Gasteiger partial charge in [-0.15, -0.1) is 0 Å². The van der Waals surface area contributed by atoms with Gasteiger partial charge in [-0.2, -0.15) is 11.8 Å². The minimum absolute atomic E-state index is 0.0201. The maximum atomic E-state index is 11.5. The lowest BCUT2D eigenvalue weighted by Gasteiger charge is -2.36. The molecule has 1 spiro atoms. The second-order valence-corrected chi connectivity index (χ2v) is 5.24. The number of carbonyl (C=O) groups is 1. The molecule has 0 aliphatic carbocycles. The second kappa shape index (κ2) is 4.07. The van der Waals surface area contributed by atoms with Crippen LogP contribution in [-0.4, -0.2) is 29.5 Å². The first kappa shape index (κ1) is 10.2. The number of hydrogen-bond donors (Lipinski definition) is 0. The fraction of sp³-hybridized carbons (Fsp3) is 0.727. The van der Waals surface area contributed by atoms with Crippen molar-refractivity contribution in [1.82, 2.24) is 0 Å². The molecule has 0 aromatic rings. The van der Waals surface area contributed by atoms with E-state index in [4.69, 9.17) is 4.74 Å². The molecular weight excluding hydrogens is 196 g/mol. The van der Waals surface area contributed by atoms with Gasteiger partial charge < -0.3 is 4.74 Å². The van der Waals surface area contributed by atoms with Gasteiger partial charge in [0.15, 0.2) is 5.78 Å². The van der Waals surface area contributed by atoms with Gasteiger partial charge >= 0.3 is 0 Å². The fourth-order valence-electron chi connectivity index (χ4n) is 2.30. The van der Waals surface area contributed by atoms with Crippen LogP contribution < -0.4 is 0 Å². The summed E-state index contributed by atoms with van der Waals surface area (Å²) in [7, 11) is 0. The minimum Gasteiger partial charge on any atom is -0.374 e. The summed E-state index contributed by atoms with van der Waals surface area (Å²) in [5.74, 6) is 2.60. The van der Waals surface area contributed by atoms with Gasteiger partial charge in [0, 0.05) is 18.3 Å². The Morgan fingerprint density at radius 3 is 3.14 bits per heavy atom. The van der Waals surface area contributed by atoms with Gasteiger partial charge in [-0.25, -0.2) is 0 Å². The van der Waals surface area contributed by atoms with Crippen LogP contribution in [0, 0.1) is 5.92 Å². The summed E-state index contributed by atoms with van der Waals surface area (Å²) in [6.45, 7) is 4.30. The molecule has 0 radical (unpaired) electrons. The Morgan fingerprint density at radius 2 is 2.50 bits per heavy atom. The summed E-state index contributed by atoms with van der Waals surface area (Å²) < 4.78 is 5.84. The highest BCUT2D eigenvalue weighted by Crippen LogP contribution is 2.40. The van der Waals surface area contributed by atoms with E-state index in [0.717, 1.165) is 31.6 Å². The summed E-state index contributed by atoms with van der Waals surface area (Å²) >= 11 is 1.94. The van der Waals surface area contributed by atoms with E-state index in [1.165, 1.54) is 11.8 Å². The third-order valence-electron chi connectivity index (χ3n) is 3.16. The molecular formula is C11H16O2S. The zero-order valence-corrected chi connectivity index (χ0v) is 9.15. The number of ketones is 1. The van der Waals surface area contributed by atoms with E-state index in [-0.39, 0.29) is 17.3 Å². The van der Waals surface area contributed by atoms with Gasteiger partial charge in [0.2, 0.25) is 0 Å². The number of allylic oxidation sites excluding steroid dienone is 1. The summed E-state index contributed by atoms with van der Waals surface area (Å²) in [6, 6.07) is 0. The number of hydrogen-bond acceptors (Lipinski definition) is 3. The molecule has 2 saturated heterocycles. The molecule has 2 heterocycles. The Kier molecular flexibility index (Phi) is 2.98. The first-order valence-electron chi connectivity index (χ1n) is 5.14. The Hall–Kier alpha value is -0.280. The van der Waals surface area contributed by atoms with E-state index in [2.05, 4.69) is 6.58 Å². The summed E-state index contributed by atoms with van der Waals surface area (Å²) in [5, 5.41) is 0. The molecule has 0 N–H and O–H groups in total. The van der Waals surface area contributed by atoms with Crippen LogP contribution in [0.5, 0.6) is 0 Å². The second-order valence-electron chi connectivity index (χ2n) is 4.13. The van der Waals surface area contributed by atoms with Crippen LogP contribution in [-0.2, 0) is 9.53 Å². The average molecular weight is 212 g/mol. The highest BCUT2D eigenvalue weighted by molar-refractivity contribution is 7.99. The third-order valence-corrected chi connectivity index (χ3v) is 4.39. The summed E-state index contributed by atoms with van der Waals surface area (Å²) in [5.41, 5.74) is 0.0201. The molecule has 2 fully saturated rings. The molecule has 2 aliphatic heterocycles. The molecule has 3 heteroatoms. The van der Waals surface area contributed by atoms with Crippen LogP contribution in [0.15, 0.2) is 12.7 Å². The topological polar surface area (TPSA) is 26.3 Å². The van der Waals surface area contributed by atoms with Crippen LogP contribution in [0.4, 0.5) is 0 Å². The van der Waals surface area contributed by atoms with Crippen LogP contribution in [0.25, 0.3) is 0 Å². The van der Waals surface area contributed by atoms with Crippen LogP contribution in [0.2, 0.25) is 0 Å². The number of rotatable bonds is 2. The Labute approximate surface area is 89.1 Å². The summed E-state index contributed by atoms with van der Waals surface area (Å²) in [4.78, 5) is 11.5. The lowest BCUT2D eigenvalue weighted by atomic mass is 9.83. The molecule has 0 bridgehead atoms. The van der Waals surface area contributed by atoms with Crippen molar-refractivity contribution >= 4 is 17.5 Å². The molecule has 2 nitrogen and oxygen atoms in total. The van der Waals surface area contributed by atoms with E-state index in [1.54, 1.807) is 0 Å². The number of carbonyl (C=O) groups excluding carboxylic acids is 1. The molecule has 78 valence electrons. The average Bonchev–Trinajstić information content (AvgIpc) is 2.65. The van der Waals surface area contributed by atoms with Crippen molar-refractivity contribution in [3.8, 4) is 0 Å². The highest BCUT2D eigenvalue weighted by Gasteiger charge is 2.41. The maximum absolute atomic E-state index is 11.5. The molecule has 0 amide bonds. The molecule has 0 aromatic heterocycles. The fourth-order valence-corrected chi connectivity index (χ4v) is 3.68. The van der Waals surface area contributed by atoms with Gasteiger partial charge in [0.1, 0.15) is 0 Å². The van der Waals surface area contributed by atoms with Crippen molar-refractivity contribution < 1.29 is 9.53 Å². The van der Waals surface area contributed by atoms with E-state index < -0.39 is 0 Å². The van der Waals surface area contributed by atoms with Crippen molar-refractivity contribution in [3.63, 3.8) is 0 Å². The van der Waals surface area contributed by atoms with Gasteiger partial charge in [0.05, 0.1) is 5.60 Å². The lowest BCUT2D eigenvalue weighted by molar-refractivity contribution is -0.129. The number of ether oxygens (including phenoxy) is 1. The van der Waals surface area contributed by atoms with Gasteiger partial charge in [-0.3, -0.25) is 4.79 Å². The lowest BCUT2D eigenvalue weighted by Crippen LogP contribution is -2.41. The first-order valence-corrected chi connectivity index (χ1v) is 6.29. The van der Waals surface area contributed by atoms with E-state index in [9.17, 15) is 4.79 Å². The Morgan fingerprint density at radius 1 is 1.64 bits per heavy atom. The van der Waals surface area contributed by atoms with Crippen molar-refractivity contribution in [3.05, 3.63) is 12.7 Å². The summed E-state index contributed by atoms with van der Waals surface area (Å²) in [6.07, 6.45) is 4.35. The van der Waals surface area contributed by atoms with E-state index in [0.29, 0.717) is 0 Å². The monoisotopic (exact) mass is 212 g/mol. The molecule has 14 heavy (non-hydrogen) atoms. The predicted octanol–water partition coefficient (Wildman–Crippen LogP) is 2.04. The predicted molar refractivity (Wildman–Crippen MR) is 58.6 cm³/mol. The van der Waals surface area contributed by atoms with Gasteiger partial charge in [0.25, 0.3) is 0 Å². The highest BCUT2D eigenvalue weighted by atomic mass is 32.2. The Balaban J connectivity index is 2.03. The zero-order chi connectivity index (χ0) is 10.0. The molecule has 2 unspecified atom stereocenters. The smallest absolute Gasteiger partial charge is 0.158 e. The quantitative estimate of drug-likeness (QED) is 0.655. The van der Waals surface area contributed by atoms with Crippen LogP contribution >= 0.6 is 11.8 Å². The standard InChI is InChI=1S/C11H16O2S/c1-2-10(12)9-3-5-13-11(7-9)4-6-14-8-11/h2,9H,1,3-8H2. The van der Waals surface area contributed by atoms with Crippen LogP contribution in [0.3, 0.4) is 0 Å². The molecule has 2 aliphatic rings. The van der Waals surface area contributed by atoms with Crippen molar-refractivity contribution in [1.29, 1.82) is 0 Å². The largest absolute Gasteiger partial charge is 0.374 e. The normalized spacial score (nSPS) is 37.3. The SMILES string of the molecule is C=CC(=O)C1CCOC2(CCSC2)C1. The molecule has 2 rings (SSSR count). The molecule has 2 atom stereocenters. The number of thioether (sulfide) groups is 1. The zero-order valence-electron chi connectivity index (χ0n) is 8.33. The van der Waals surface area contributed by atoms with Crippen LogP contribution in [0.1, 0.15) is 19.3 Å². The Bertz CT molecular complexity index is 244. The van der Waals surface area contributed by atoms with Gasteiger partial charge in [-0.05, 0) is 31.1 Å². The minimum atomic E-state index is 0.0201. The van der Waals surface area contributed by atoms with Crippen molar-refractivity contribution in [2.45, 2.75) is 24.9 Å². The van der Waals surface area contributed by atoms with Crippen molar-refractivity contribution in [2.24, 2.45) is 5.92 Å². The van der Waals surface area contributed by atoms with E-state index >= 15 is 0 Å². The van der Waals surface area contributed by atoms with Gasteiger partial charge in [-0.1, -0.05) is 6.58 Å². The molecule has 0 saturated carbocycles.